The van der Waals surface area contributed by atoms with Crippen molar-refractivity contribution in [2.75, 3.05) is 5.88 Å². The maximum atomic E-state index is 9.46. The van der Waals surface area contributed by atoms with Crippen LogP contribution in [0.4, 0.5) is 0 Å². The molecule has 0 rings (SSSR count). The van der Waals surface area contributed by atoms with Gasteiger partial charge >= 0.3 is 0 Å². The third kappa shape index (κ3) is 5.32. The van der Waals surface area contributed by atoms with Crippen LogP contribution in [0.5, 0.6) is 0 Å². The lowest BCUT2D eigenvalue weighted by Crippen LogP contribution is -2.16. The highest BCUT2D eigenvalue weighted by atomic mass is 35.5. The van der Waals surface area contributed by atoms with Crippen molar-refractivity contribution in [2.45, 2.75) is 12.7 Å². The number of nitrogens with zero attached hydrogens (tertiary/aromatic N) is 1. The van der Waals surface area contributed by atoms with Gasteiger partial charge in [0.05, 0.1) is 0 Å². The van der Waals surface area contributed by atoms with Crippen LogP contribution in [-0.4, -0.2) is 22.4 Å². The summed E-state index contributed by atoms with van der Waals surface area (Å²) < 4.78 is 0. The van der Waals surface area contributed by atoms with Crippen LogP contribution in [0.15, 0.2) is 0 Å². The second kappa shape index (κ2) is 4.34. The molecule has 0 bridgehead atoms. The molecule has 1 unspecified atom stereocenters. The van der Waals surface area contributed by atoms with Crippen molar-refractivity contribution in [1.29, 1.82) is 0 Å². The third-order valence-corrected chi connectivity index (χ3v) is 0.782. The van der Waals surface area contributed by atoms with Crippen molar-refractivity contribution in [3.63, 3.8) is 0 Å². The van der Waals surface area contributed by atoms with E-state index in [1.807, 2.05) is 0 Å². The van der Waals surface area contributed by atoms with E-state index < -0.39 is 11.4 Å². The Morgan fingerprint density at radius 3 is 2.78 bits per heavy atom. The van der Waals surface area contributed by atoms with Gasteiger partial charge in [0.1, 0.15) is 0 Å². The van der Waals surface area contributed by atoms with Crippen LogP contribution in [0.1, 0.15) is 6.42 Å². The van der Waals surface area contributed by atoms with Crippen LogP contribution in [0.3, 0.4) is 0 Å². The van der Waals surface area contributed by atoms with Gasteiger partial charge in [-0.1, -0.05) is 0 Å². The number of aliphatic hydroxyl groups excluding tert-OH is 1. The summed E-state index contributed by atoms with van der Waals surface area (Å²) in [6.07, 6.45) is -1.33. The summed E-state index contributed by atoms with van der Waals surface area (Å²) in [5.74, 6) is 0.134. The molecule has 0 radical (unpaired) electrons. The van der Waals surface area contributed by atoms with E-state index in [4.69, 9.17) is 16.7 Å². The predicted molar refractivity (Wildman–Crippen MR) is 29.4 cm³/mol. The first-order valence-electron chi connectivity index (χ1n) is 2.22. The average Bonchev–Trinajstić information content (AvgIpc) is 1.63. The Morgan fingerprint density at radius 1 is 1.89 bits per heavy atom. The van der Waals surface area contributed by atoms with Gasteiger partial charge in [-0.05, 0) is 0 Å². The first-order chi connectivity index (χ1) is 4.16. The molecule has 0 saturated heterocycles. The summed E-state index contributed by atoms with van der Waals surface area (Å²) in [7, 11) is 0. The Kier molecular flexibility index (Phi) is 4.08. The summed E-state index contributed by atoms with van der Waals surface area (Å²) in [4.78, 5) is 13.1. The lowest BCUT2D eigenvalue weighted by molar-refractivity contribution is -0.779. The molecule has 0 aromatic rings. The molecule has 0 amide bonds. The fourth-order valence-electron chi connectivity index (χ4n) is 0.245. The summed E-state index contributed by atoms with van der Waals surface area (Å²) in [5.41, 5.74) is 0. The molecule has 9 heavy (non-hydrogen) atoms. The second-order valence-electron chi connectivity index (χ2n) is 1.26. The highest BCUT2D eigenvalue weighted by Gasteiger charge is 2.06. The van der Waals surface area contributed by atoms with Crippen molar-refractivity contribution >= 4 is 11.6 Å². The summed E-state index contributed by atoms with van der Waals surface area (Å²) in [6, 6.07) is 0. The monoisotopic (exact) mass is 155 g/mol. The molecular weight excluding hydrogens is 149 g/mol. The van der Waals surface area contributed by atoms with Crippen molar-refractivity contribution in [3.05, 3.63) is 10.1 Å². The summed E-state index contributed by atoms with van der Waals surface area (Å²) in [6.45, 7) is 0. The van der Waals surface area contributed by atoms with Gasteiger partial charge in [-0.25, -0.2) is 0 Å². The quantitative estimate of drug-likeness (QED) is 0.271. The Balaban J connectivity index is 3.26. The Morgan fingerprint density at radius 2 is 2.44 bits per heavy atom. The van der Waals surface area contributed by atoms with Gasteiger partial charge in [-0.15, -0.1) is 21.7 Å². The molecule has 0 aliphatic rings. The molecule has 5 nitrogen and oxygen atoms in total. The van der Waals surface area contributed by atoms with Crippen molar-refractivity contribution in [3.8, 4) is 0 Å². The number of aliphatic hydroxyl groups is 1. The molecule has 0 spiro atoms. The van der Waals surface area contributed by atoms with Crippen LogP contribution < -0.4 is 0 Å². The van der Waals surface area contributed by atoms with E-state index >= 15 is 0 Å². The lowest BCUT2D eigenvalue weighted by Gasteiger charge is -2.03. The molecule has 0 aliphatic carbocycles. The molecule has 0 aromatic carbocycles. The van der Waals surface area contributed by atoms with Gasteiger partial charge in [0.2, 0.25) is 6.29 Å². The van der Waals surface area contributed by atoms with E-state index in [-0.39, 0.29) is 12.3 Å². The number of hydrogen-bond donors (Lipinski definition) is 1. The molecule has 0 saturated carbocycles. The van der Waals surface area contributed by atoms with Crippen molar-refractivity contribution < 1.29 is 15.0 Å². The zero-order valence-corrected chi connectivity index (χ0v) is 5.24. The lowest BCUT2D eigenvalue weighted by atomic mass is 10.5. The van der Waals surface area contributed by atoms with Gasteiger partial charge < -0.3 is 5.11 Å². The molecular formula is C3H6ClNO4. The van der Waals surface area contributed by atoms with Gasteiger partial charge in [-0.3, -0.25) is 4.84 Å². The Bertz CT molecular complexity index is 97.8. The number of rotatable bonds is 4. The number of alkyl halides is 1. The van der Waals surface area contributed by atoms with Crippen molar-refractivity contribution in [1.82, 2.24) is 0 Å². The fourth-order valence-corrected chi connectivity index (χ4v) is 0.432. The molecule has 1 atom stereocenters. The van der Waals surface area contributed by atoms with Gasteiger partial charge in [0, 0.05) is 12.3 Å². The average molecular weight is 156 g/mol. The maximum absolute atomic E-state index is 9.46. The molecule has 0 aromatic heterocycles. The summed E-state index contributed by atoms with van der Waals surface area (Å²) in [5, 5.41) is 16.9. The second-order valence-corrected chi connectivity index (χ2v) is 1.64. The van der Waals surface area contributed by atoms with Crippen LogP contribution in [-0.2, 0) is 4.84 Å². The largest absolute Gasteiger partial charge is 0.368 e. The molecule has 6 heteroatoms. The Labute approximate surface area is 56.3 Å². The molecule has 0 heterocycles. The van der Waals surface area contributed by atoms with Gasteiger partial charge in [0.15, 0.2) is 0 Å². The predicted octanol–water partition coefficient (Wildman–Crippen LogP) is 0.142. The van der Waals surface area contributed by atoms with Gasteiger partial charge in [-0.2, -0.15) is 0 Å². The maximum Gasteiger partial charge on any atom is 0.297 e. The van der Waals surface area contributed by atoms with Crippen LogP contribution in [0.25, 0.3) is 0 Å². The zero-order chi connectivity index (χ0) is 7.28. The molecule has 0 fully saturated rings. The topological polar surface area (TPSA) is 72.6 Å². The standard InChI is InChI=1S/C3H6ClNO4/c4-2-1-3(6)9-5(7)8/h3,6H,1-2H2. The molecule has 0 aliphatic heterocycles. The van der Waals surface area contributed by atoms with E-state index in [1.165, 1.54) is 0 Å². The first-order valence-corrected chi connectivity index (χ1v) is 2.75. The Hall–Kier alpha value is -0.550. The van der Waals surface area contributed by atoms with Crippen LogP contribution >= 0.6 is 11.6 Å². The van der Waals surface area contributed by atoms with E-state index in [0.29, 0.717) is 0 Å². The minimum atomic E-state index is -1.39. The van der Waals surface area contributed by atoms with Crippen LogP contribution in [0.2, 0.25) is 0 Å². The van der Waals surface area contributed by atoms with Crippen molar-refractivity contribution in [2.24, 2.45) is 0 Å². The normalized spacial score (nSPS) is 12.7. The number of hydrogen-bond acceptors (Lipinski definition) is 4. The zero-order valence-electron chi connectivity index (χ0n) is 4.49. The molecule has 54 valence electrons. The fraction of sp³-hybridized carbons (Fsp3) is 1.00. The smallest absolute Gasteiger partial charge is 0.297 e. The minimum Gasteiger partial charge on any atom is -0.368 e. The first kappa shape index (κ1) is 8.45. The third-order valence-electron chi connectivity index (χ3n) is 0.564. The number of halogens is 1. The highest BCUT2D eigenvalue weighted by molar-refractivity contribution is 6.17. The highest BCUT2D eigenvalue weighted by Crippen LogP contribution is 1.94. The minimum absolute atomic E-state index is 0.0581. The molecule has 1 N–H and O–H groups in total. The SMILES string of the molecule is O=[N+]([O-])OC(O)CCCl. The van der Waals surface area contributed by atoms with E-state index in [0.717, 1.165) is 0 Å². The van der Waals surface area contributed by atoms with Crippen LogP contribution in [0, 0.1) is 10.1 Å². The summed E-state index contributed by atoms with van der Waals surface area (Å²) >= 11 is 5.12. The van der Waals surface area contributed by atoms with E-state index in [9.17, 15) is 10.1 Å². The van der Waals surface area contributed by atoms with E-state index in [1.54, 1.807) is 0 Å². The van der Waals surface area contributed by atoms with Gasteiger partial charge in [0.25, 0.3) is 5.09 Å². The van der Waals surface area contributed by atoms with E-state index in [2.05, 4.69) is 4.84 Å².